The van der Waals surface area contributed by atoms with Gasteiger partial charge in [-0.25, -0.2) is 4.98 Å². The number of carbonyl (C=O) groups is 1. The third kappa shape index (κ3) is 3.31. The fraction of sp³-hybridized carbons (Fsp3) is 0.600. The number of amides is 1. The van der Waals surface area contributed by atoms with Gasteiger partial charge in [-0.3, -0.25) is 4.79 Å². The largest absolute Gasteiger partial charge is 0.310 e. The van der Waals surface area contributed by atoms with Gasteiger partial charge in [0.1, 0.15) is 5.82 Å². The van der Waals surface area contributed by atoms with Crippen molar-refractivity contribution in [1.29, 1.82) is 0 Å². The van der Waals surface area contributed by atoms with Crippen molar-refractivity contribution in [1.82, 2.24) is 4.98 Å². The SMILES string of the molecule is CC(C)C1CCC(C(=O)Nc2ccccn2)CC1. The van der Waals surface area contributed by atoms with Crippen molar-refractivity contribution in [3.8, 4) is 0 Å². The van der Waals surface area contributed by atoms with Gasteiger partial charge in [0.05, 0.1) is 0 Å². The Hall–Kier alpha value is -1.38. The maximum atomic E-state index is 12.1. The zero-order valence-electron chi connectivity index (χ0n) is 11.2. The van der Waals surface area contributed by atoms with E-state index in [-0.39, 0.29) is 11.8 Å². The van der Waals surface area contributed by atoms with Gasteiger partial charge < -0.3 is 5.32 Å². The van der Waals surface area contributed by atoms with Gasteiger partial charge >= 0.3 is 0 Å². The Balaban J connectivity index is 1.85. The van der Waals surface area contributed by atoms with Crippen LogP contribution < -0.4 is 5.32 Å². The van der Waals surface area contributed by atoms with Gasteiger partial charge in [-0.15, -0.1) is 0 Å². The molecule has 1 heterocycles. The van der Waals surface area contributed by atoms with Crippen LogP contribution in [0.1, 0.15) is 39.5 Å². The first-order valence-electron chi connectivity index (χ1n) is 6.88. The minimum Gasteiger partial charge on any atom is -0.310 e. The first-order valence-corrected chi connectivity index (χ1v) is 6.88. The van der Waals surface area contributed by atoms with E-state index in [1.165, 1.54) is 12.8 Å². The van der Waals surface area contributed by atoms with Crippen LogP contribution in [0, 0.1) is 17.8 Å². The number of pyridine rings is 1. The second-order valence-corrected chi connectivity index (χ2v) is 5.56. The normalized spacial score (nSPS) is 23.9. The Morgan fingerprint density at radius 1 is 1.28 bits per heavy atom. The van der Waals surface area contributed by atoms with Crippen LogP contribution in [-0.2, 0) is 4.79 Å². The molecule has 1 aliphatic rings. The van der Waals surface area contributed by atoms with E-state index >= 15 is 0 Å². The molecule has 0 saturated heterocycles. The average Bonchev–Trinajstić information content (AvgIpc) is 2.40. The van der Waals surface area contributed by atoms with Gasteiger partial charge in [-0.2, -0.15) is 0 Å². The molecule has 0 spiro atoms. The highest BCUT2D eigenvalue weighted by Crippen LogP contribution is 2.33. The summed E-state index contributed by atoms with van der Waals surface area (Å²) >= 11 is 0. The summed E-state index contributed by atoms with van der Waals surface area (Å²) in [7, 11) is 0. The molecule has 0 bridgehead atoms. The number of hydrogen-bond acceptors (Lipinski definition) is 2. The maximum absolute atomic E-state index is 12.1. The lowest BCUT2D eigenvalue weighted by Gasteiger charge is -2.30. The lowest BCUT2D eigenvalue weighted by atomic mass is 9.77. The molecule has 3 heteroatoms. The van der Waals surface area contributed by atoms with Crippen LogP contribution in [0.2, 0.25) is 0 Å². The van der Waals surface area contributed by atoms with E-state index in [1.807, 2.05) is 18.2 Å². The summed E-state index contributed by atoms with van der Waals surface area (Å²) in [4.78, 5) is 16.2. The Labute approximate surface area is 109 Å². The molecule has 1 aliphatic carbocycles. The molecule has 0 aliphatic heterocycles. The van der Waals surface area contributed by atoms with Crippen molar-refractivity contribution >= 4 is 11.7 Å². The molecule has 98 valence electrons. The predicted octanol–water partition coefficient (Wildman–Crippen LogP) is 3.48. The number of hydrogen-bond donors (Lipinski definition) is 1. The monoisotopic (exact) mass is 246 g/mol. The minimum atomic E-state index is 0.135. The third-order valence-electron chi connectivity index (χ3n) is 4.00. The van der Waals surface area contributed by atoms with Crippen LogP contribution in [0.4, 0.5) is 5.82 Å². The average molecular weight is 246 g/mol. The van der Waals surface area contributed by atoms with Crippen LogP contribution >= 0.6 is 0 Å². The first-order chi connectivity index (χ1) is 8.66. The quantitative estimate of drug-likeness (QED) is 0.887. The number of carbonyl (C=O) groups excluding carboxylic acids is 1. The molecule has 2 rings (SSSR count). The summed E-state index contributed by atoms with van der Waals surface area (Å²) in [5.74, 6) is 2.50. The molecular formula is C15H22N2O. The van der Waals surface area contributed by atoms with Crippen LogP contribution in [0.3, 0.4) is 0 Å². The standard InChI is InChI=1S/C15H22N2O/c1-11(2)12-6-8-13(9-7-12)15(18)17-14-5-3-4-10-16-14/h3-5,10-13H,6-9H2,1-2H3,(H,16,17,18). The van der Waals surface area contributed by atoms with Crippen molar-refractivity contribution in [3.05, 3.63) is 24.4 Å². The van der Waals surface area contributed by atoms with E-state index in [0.717, 1.165) is 24.7 Å². The minimum absolute atomic E-state index is 0.135. The topological polar surface area (TPSA) is 42.0 Å². The van der Waals surface area contributed by atoms with Gasteiger partial charge in [0.15, 0.2) is 0 Å². The molecule has 1 N–H and O–H groups in total. The predicted molar refractivity (Wildman–Crippen MR) is 73.2 cm³/mol. The summed E-state index contributed by atoms with van der Waals surface area (Å²) in [5.41, 5.74) is 0. The number of nitrogens with one attached hydrogen (secondary N) is 1. The number of aromatic nitrogens is 1. The third-order valence-corrected chi connectivity index (χ3v) is 4.00. The van der Waals surface area contributed by atoms with Gasteiger partial charge in [0.25, 0.3) is 0 Å². The smallest absolute Gasteiger partial charge is 0.228 e. The zero-order chi connectivity index (χ0) is 13.0. The molecule has 1 aromatic rings. The van der Waals surface area contributed by atoms with E-state index < -0.39 is 0 Å². The van der Waals surface area contributed by atoms with Crippen molar-refractivity contribution in [3.63, 3.8) is 0 Å². The summed E-state index contributed by atoms with van der Waals surface area (Å²) in [6.07, 6.45) is 6.09. The van der Waals surface area contributed by atoms with E-state index in [1.54, 1.807) is 6.20 Å². The summed E-state index contributed by atoms with van der Waals surface area (Å²) in [5, 5.41) is 2.91. The second kappa shape index (κ2) is 5.98. The zero-order valence-corrected chi connectivity index (χ0v) is 11.2. The van der Waals surface area contributed by atoms with Crippen molar-refractivity contribution in [2.75, 3.05) is 5.32 Å². The second-order valence-electron chi connectivity index (χ2n) is 5.56. The Kier molecular flexibility index (Phi) is 4.34. The molecule has 0 aromatic carbocycles. The van der Waals surface area contributed by atoms with Gasteiger partial charge in [0.2, 0.25) is 5.91 Å². The summed E-state index contributed by atoms with van der Waals surface area (Å²) in [6.45, 7) is 4.55. The van der Waals surface area contributed by atoms with Crippen molar-refractivity contribution in [2.24, 2.45) is 17.8 Å². The summed E-state index contributed by atoms with van der Waals surface area (Å²) < 4.78 is 0. The molecule has 0 atom stereocenters. The van der Waals surface area contributed by atoms with E-state index in [9.17, 15) is 4.79 Å². The molecule has 3 nitrogen and oxygen atoms in total. The molecule has 18 heavy (non-hydrogen) atoms. The molecule has 1 amide bonds. The highest BCUT2D eigenvalue weighted by Gasteiger charge is 2.27. The lowest BCUT2D eigenvalue weighted by molar-refractivity contribution is -0.121. The summed E-state index contributed by atoms with van der Waals surface area (Å²) in [6, 6.07) is 5.57. The van der Waals surface area contributed by atoms with E-state index in [2.05, 4.69) is 24.1 Å². The highest BCUT2D eigenvalue weighted by molar-refractivity contribution is 5.91. The van der Waals surface area contributed by atoms with Crippen LogP contribution in [0.25, 0.3) is 0 Å². The van der Waals surface area contributed by atoms with E-state index in [4.69, 9.17) is 0 Å². The molecular weight excluding hydrogens is 224 g/mol. The number of nitrogens with zero attached hydrogens (tertiary/aromatic N) is 1. The molecule has 1 saturated carbocycles. The number of anilines is 1. The Morgan fingerprint density at radius 2 is 2.00 bits per heavy atom. The van der Waals surface area contributed by atoms with E-state index in [0.29, 0.717) is 5.82 Å². The fourth-order valence-electron chi connectivity index (χ4n) is 2.71. The van der Waals surface area contributed by atoms with Gasteiger partial charge in [0, 0.05) is 12.1 Å². The first kappa shape index (κ1) is 13.1. The molecule has 0 unspecified atom stereocenters. The van der Waals surface area contributed by atoms with Crippen molar-refractivity contribution in [2.45, 2.75) is 39.5 Å². The molecule has 1 fully saturated rings. The van der Waals surface area contributed by atoms with Crippen LogP contribution in [-0.4, -0.2) is 10.9 Å². The fourth-order valence-corrected chi connectivity index (χ4v) is 2.71. The van der Waals surface area contributed by atoms with Crippen molar-refractivity contribution < 1.29 is 4.79 Å². The molecule has 0 radical (unpaired) electrons. The lowest BCUT2D eigenvalue weighted by Crippen LogP contribution is -2.28. The van der Waals surface area contributed by atoms with Crippen LogP contribution in [0.5, 0.6) is 0 Å². The highest BCUT2D eigenvalue weighted by atomic mass is 16.1. The number of rotatable bonds is 3. The molecule has 1 aromatic heterocycles. The maximum Gasteiger partial charge on any atom is 0.228 e. The van der Waals surface area contributed by atoms with Gasteiger partial charge in [-0.05, 0) is 49.7 Å². The van der Waals surface area contributed by atoms with Crippen LogP contribution in [0.15, 0.2) is 24.4 Å². The van der Waals surface area contributed by atoms with Gasteiger partial charge in [-0.1, -0.05) is 19.9 Å². The Morgan fingerprint density at radius 3 is 2.56 bits per heavy atom. The Bertz CT molecular complexity index is 381.